The van der Waals surface area contributed by atoms with Crippen LogP contribution in [0.4, 0.5) is 11.4 Å². The van der Waals surface area contributed by atoms with Gasteiger partial charge >= 0.3 is 0 Å². The van der Waals surface area contributed by atoms with E-state index in [1.165, 1.54) is 11.6 Å². The molecular weight excluding hydrogens is 362 g/mol. The fourth-order valence-electron chi connectivity index (χ4n) is 3.01. The van der Waals surface area contributed by atoms with Crippen LogP contribution in [0.2, 0.25) is 0 Å². The molecule has 2 N–H and O–H groups in total. The smallest absolute Gasteiger partial charge is 0.286 e. The second-order valence-electron chi connectivity index (χ2n) is 6.75. The second-order valence-corrected chi connectivity index (χ2v) is 8.32. The minimum Gasteiger partial charge on any atom is -0.342 e. The van der Waals surface area contributed by atoms with Crippen LogP contribution in [0.1, 0.15) is 32.3 Å². The fraction of sp³-hybridized carbons (Fsp3) is 0.300. The molecule has 6 nitrogen and oxygen atoms in total. The van der Waals surface area contributed by atoms with Crippen LogP contribution < -0.4 is 10.6 Å². The molecule has 7 heteroatoms. The average molecular weight is 385 g/mol. The minimum atomic E-state index is -3.70. The van der Waals surface area contributed by atoms with Crippen molar-refractivity contribution in [2.24, 2.45) is 10.3 Å². The highest BCUT2D eigenvalue weighted by molar-refractivity contribution is 7.90. The Morgan fingerprint density at radius 3 is 2.56 bits per heavy atom. The molecule has 3 rings (SSSR count). The predicted octanol–water partition coefficient (Wildman–Crippen LogP) is 3.82. The number of sulfonamides is 1. The molecule has 0 spiro atoms. The van der Waals surface area contributed by atoms with Gasteiger partial charge in [-0.3, -0.25) is 4.79 Å². The molecule has 0 aliphatic carbocycles. The molecule has 1 aliphatic rings. The number of benzene rings is 2. The molecule has 1 amide bonds. The Morgan fingerprint density at radius 2 is 1.85 bits per heavy atom. The molecule has 1 atom stereocenters. The van der Waals surface area contributed by atoms with Gasteiger partial charge in [-0.25, -0.2) is 0 Å². The lowest BCUT2D eigenvalue weighted by atomic mass is 10.0. The van der Waals surface area contributed by atoms with Crippen molar-refractivity contribution in [2.45, 2.75) is 38.0 Å². The first-order valence-electron chi connectivity index (χ1n) is 8.96. The molecule has 142 valence electrons. The third-order valence-corrected chi connectivity index (χ3v) is 5.77. The molecule has 2 aromatic rings. The van der Waals surface area contributed by atoms with E-state index in [4.69, 9.17) is 0 Å². The van der Waals surface area contributed by atoms with Crippen molar-refractivity contribution in [3.63, 3.8) is 0 Å². The lowest BCUT2D eigenvalue weighted by Gasteiger charge is -2.20. The highest BCUT2D eigenvalue weighted by Crippen LogP contribution is 2.28. The highest BCUT2D eigenvalue weighted by atomic mass is 32.2. The average Bonchev–Trinajstić information content (AvgIpc) is 2.61. The number of anilines is 2. The van der Waals surface area contributed by atoms with Crippen molar-refractivity contribution >= 4 is 33.1 Å². The third kappa shape index (κ3) is 4.74. The van der Waals surface area contributed by atoms with Crippen LogP contribution in [0.25, 0.3) is 0 Å². The largest absolute Gasteiger partial charge is 0.342 e. The zero-order valence-electron chi connectivity index (χ0n) is 15.4. The molecule has 2 aromatic carbocycles. The molecule has 0 fully saturated rings. The number of amidine groups is 1. The molecule has 0 unspecified atom stereocenters. The van der Waals surface area contributed by atoms with E-state index >= 15 is 0 Å². The highest BCUT2D eigenvalue weighted by Gasteiger charge is 2.25. The number of rotatable bonds is 6. The summed E-state index contributed by atoms with van der Waals surface area (Å²) in [4.78, 5) is 12.4. The zero-order valence-corrected chi connectivity index (χ0v) is 16.2. The van der Waals surface area contributed by atoms with E-state index in [-0.39, 0.29) is 23.1 Å². The Labute approximate surface area is 159 Å². The van der Waals surface area contributed by atoms with Crippen LogP contribution in [0, 0.1) is 5.92 Å². The van der Waals surface area contributed by atoms with Gasteiger partial charge in [-0.05, 0) is 42.2 Å². The van der Waals surface area contributed by atoms with Gasteiger partial charge in [0.25, 0.3) is 10.0 Å². The zero-order chi connectivity index (χ0) is 19.4. The fourth-order valence-corrected chi connectivity index (χ4v) is 4.17. The SMILES string of the molecule is CCc1ccc(NC(=O)C[C@@H](C)CC2=NS(=O)(=O)c3ccccc3N2)cc1. The number of carbonyl (C=O) groups is 1. The van der Waals surface area contributed by atoms with Crippen molar-refractivity contribution in [1.29, 1.82) is 0 Å². The van der Waals surface area contributed by atoms with Gasteiger partial charge in [0.05, 0.1) is 5.69 Å². The maximum absolute atomic E-state index is 12.3. The first-order chi connectivity index (χ1) is 12.9. The molecular formula is C20H23N3O3S. The molecule has 1 heterocycles. The van der Waals surface area contributed by atoms with Gasteiger partial charge in [0.1, 0.15) is 10.7 Å². The molecule has 0 saturated heterocycles. The van der Waals surface area contributed by atoms with Crippen LogP contribution in [0.5, 0.6) is 0 Å². The van der Waals surface area contributed by atoms with Crippen molar-refractivity contribution in [3.8, 4) is 0 Å². The number of hydrogen-bond acceptors (Lipinski definition) is 4. The molecule has 1 aliphatic heterocycles. The number of fused-ring (bicyclic) bond motifs is 1. The molecule has 0 saturated carbocycles. The third-order valence-electron chi connectivity index (χ3n) is 4.40. The molecule has 0 bridgehead atoms. The van der Waals surface area contributed by atoms with Gasteiger partial charge in [0.15, 0.2) is 0 Å². The Balaban J connectivity index is 1.60. The van der Waals surface area contributed by atoms with Crippen LogP contribution in [-0.2, 0) is 21.2 Å². The van der Waals surface area contributed by atoms with E-state index < -0.39 is 10.0 Å². The summed E-state index contributed by atoms with van der Waals surface area (Å²) in [6.45, 7) is 3.98. The Kier molecular flexibility index (Phi) is 5.60. The summed E-state index contributed by atoms with van der Waals surface area (Å²) in [5, 5.41) is 5.93. The van der Waals surface area contributed by atoms with Crippen molar-refractivity contribution < 1.29 is 13.2 Å². The number of hydrogen-bond donors (Lipinski definition) is 2. The summed E-state index contributed by atoms with van der Waals surface area (Å²) < 4.78 is 28.4. The molecule has 27 heavy (non-hydrogen) atoms. The van der Waals surface area contributed by atoms with E-state index in [0.29, 0.717) is 17.9 Å². The monoisotopic (exact) mass is 385 g/mol. The van der Waals surface area contributed by atoms with E-state index in [1.54, 1.807) is 18.2 Å². The summed E-state index contributed by atoms with van der Waals surface area (Å²) in [5.74, 6) is 0.194. The normalized spacial score (nSPS) is 15.9. The predicted molar refractivity (Wildman–Crippen MR) is 108 cm³/mol. The first-order valence-corrected chi connectivity index (χ1v) is 10.4. The Hall–Kier alpha value is -2.67. The van der Waals surface area contributed by atoms with E-state index in [0.717, 1.165) is 12.1 Å². The van der Waals surface area contributed by atoms with Crippen LogP contribution >= 0.6 is 0 Å². The van der Waals surface area contributed by atoms with E-state index in [2.05, 4.69) is 22.0 Å². The number of carbonyl (C=O) groups excluding carboxylic acids is 1. The second kappa shape index (κ2) is 7.92. The first kappa shape index (κ1) is 19.1. The summed E-state index contributed by atoms with van der Waals surface area (Å²) in [6.07, 6.45) is 1.60. The van der Waals surface area contributed by atoms with Gasteiger partial charge < -0.3 is 10.6 Å². The van der Waals surface area contributed by atoms with Crippen molar-refractivity contribution in [2.75, 3.05) is 10.6 Å². The number of para-hydroxylation sites is 1. The van der Waals surface area contributed by atoms with Gasteiger partial charge in [0, 0.05) is 18.5 Å². The van der Waals surface area contributed by atoms with E-state index in [9.17, 15) is 13.2 Å². The van der Waals surface area contributed by atoms with Crippen LogP contribution in [-0.4, -0.2) is 20.2 Å². The van der Waals surface area contributed by atoms with Gasteiger partial charge in [-0.15, -0.1) is 4.40 Å². The summed E-state index contributed by atoms with van der Waals surface area (Å²) >= 11 is 0. The van der Waals surface area contributed by atoms with Crippen LogP contribution in [0.3, 0.4) is 0 Å². The quantitative estimate of drug-likeness (QED) is 0.791. The van der Waals surface area contributed by atoms with Crippen molar-refractivity contribution in [3.05, 3.63) is 54.1 Å². The maximum Gasteiger partial charge on any atom is 0.286 e. The number of amides is 1. The summed E-state index contributed by atoms with van der Waals surface area (Å²) in [5.41, 5.74) is 2.49. The number of nitrogens with one attached hydrogen (secondary N) is 2. The maximum atomic E-state index is 12.3. The minimum absolute atomic E-state index is 0.0633. The Bertz CT molecular complexity index is 966. The van der Waals surface area contributed by atoms with Crippen LogP contribution in [0.15, 0.2) is 57.8 Å². The Morgan fingerprint density at radius 1 is 1.15 bits per heavy atom. The lowest BCUT2D eigenvalue weighted by Crippen LogP contribution is -2.25. The van der Waals surface area contributed by atoms with Gasteiger partial charge in [0.2, 0.25) is 5.91 Å². The van der Waals surface area contributed by atoms with Gasteiger partial charge in [-0.2, -0.15) is 8.42 Å². The lowest BCUT2D eigenvalue weighted by molar-refractivity contribution is -0.116. The van der Waals surface area contributed by atoms with Crippen molar-refractivity contribution in [1.82, 2.24) is 0 Å². The number of nitrogens with zero attached hydrogens (tertiary/aromatic N) is 1. The van der Waals surface area contributed by atoms with Gasteiger partial charge in [-0.1, -0.05) is 38.1 Å². The summed E-state index contributed by atoms with van der Waals surface area (Å²) in [6, 6.07) is 14.4. The number of aryl methyl sites for hydroxylation is 1. The van der Waals surface area contributed by atoms with E-state index in [1.807, 2.05) is 31.2 Å². The molecule has 0 aromatic heterocycles. The summed E-state index contributed by atoms with van der Waals surface area (Å²) in [7, 11) is -3.70. The standard InChI is InChI=1S/C20H23N3O3S/c1-3-15-8-10-16(11-9-15)21-20(24)13-14(2)12-19-22-17-6-4-5-7-18(17)27(25,26)23-19/h4-11,14H,3,12-13H2,1-2H3,(H,21,24)(H,22,23)/t14-/m0/s1. The topological polar surface area (TPSA) is 87.6 Å². The molecule has 0 radical (unpaired) electrons.